The summed E-state index contributed by atoms with van der Waals surface area (Å²) in [4.78, 5) is 0. The molecular weight excluding hydrogens is 427 g/mol. The van der Waals surface area contributed by atoms with Gasteiger partial charge in [0, 0.05) is 26.9 Å². The Morgan fingerprint density at radius 1 is 1.15 bits per heavy atom. The fourth-order valence-electron chi connectivity index (χ4n) is 2.05. The summed E-state index contributed by atoms with van der Waals surface area (Å²) in [5, 5.41) is 2.26. The van der Waals surface area contributed by atoms with Gasteiger partial charge in [0.2, 0.25) is 0 Å². The van der Waals surface area contributed by atoms with Crippen LogP contribution in [-0.4, -0.2) is 30.6 Å². The largest absolute Gasteiger partial charge is 0.229 e. The molecule has 0 amide bonds. The van der Waals surface area contributed by atoms with E-state index >= 15 is 0 Å². The fourth-order valence-corrected chi connectivity index (χ4v) is 5.18. The Hall–Kier alpha value is 0.420. The van der Waals surface area contributed by atoms with Crippen LogP contribution in [0.2, 0.25) is 5.02 Å². The Labute approximate surface area is 143 Å². The number of rotatable bonds is 8. The molecule has 0 fully saturated rings. The van der Waals surface area contributed by atoms with Gasteiger partial charge in [-0.3, -0.25) is 0 Å². The SMILES string of the molecule is CCS(=O)(=O)CCCC(CBr)(CBr)c1ccc(Cl)cc1. The predicted octanol–water partition coefficient (Wildman–Crippen LogP) is 4.58. The first kappa shape index (κ1) is 18.5. The Balaban J connectivity index is 2.84. The third kappa shape index (κ3) is 5.00. The van der Waals surface area contributed by atoms with Crippen molar-refractivity contribution >= 4 is 53.3 Å². The lowest BCUT2D eigenvalue weighted by Gasteiger charge is -2.31. The maximum atomic E-state index is 11.6. The van der Waals surface area contributed by atoms with E-state index in [0.29, 0.717) is 11.4 Å². The summed E-state index contributed by atoms with van der Waals surface area (Å²) in [5.41, 5.74) is 1.07. The molecule has 0 bridgehead atoms. The Bertz CT molecular complexity index is 510. The topological polar surface area (TPSA) is 34.1 Å². The van der Waals surface area contributed by atoms with E-state index in [-0.39, 0.29) is 16.9 Å². The van der Waals surface area contributed by atoms with E-state index in [1.807, 2.05) is 24.3 Å². The molecule has 0 aromatic heterocycles. The number of sulfone groups is 1. The van der Waals surface area contributed by atoms with Crippen molar-refractivity contribution in [2.45, 2.75) is 25.2 Å². The lowest BCUT2D eigenvalue weighted by atomic mass is 9.80. The van der Waals surface area contributed by atoms with Crippen LogP contribution in [0.25, 0.3) is 0 Å². The van der Waals surface area contributed by atoms with Gasteiger partial charge in [-0.05, 0) is 30.5 Å². The van der Waals surface area contributed by atoms with E-state index in [1.165, 1.54) is 5.56 Å². The van der Waals surface area contributed by atoms with Crippen molar-refractivity contribution < 1.29 is 8.42 Å². The number of hydrogen-bond acceptors (Lipinski definition) is 2. The Kier molecular flexibility index (Phi) is 7.53. The van der Waals surface area contributed by atoms with Crippen LogP contribution in [-0.2, 0) is 15.3 Å². The van der Waals surface area contributed by atoms with Crippen LogP contribution in [0.4, 0.5) is 0 Å². The standard InChI is InChI=1S/C14H19Br2ClO2S/c1-2-20(18,19)9-3-8-14(10-15,11-16)12-4-6-13(17)7-5-12/h4-7H,2-3,8-11H2,1H3. The molecule has 20 heavy (non-hydrogen) atoms. The van der Waals surface area contributed by atoms with Gasteiger partial charge in [-0.15, -0.1) is 0 Å². The highest BCUT2D eigenvalue weighted by molar-refractivity contribution is 9.09. The first-order valence-corrected chi connectivity index (χ1v) is 10.9. The zero-order chi connectivity index (χ0) is 15.2. The molecule has 1 aromatic carbocycles. The van der Waals surface area contributed by atoms with Crippen molar-refractivity contribution in [3.05, 3.63) is 34.9 Å². The van der Waals surface area contributed by atoms with Crippen molar-refractivity contribution in [3.8, 4) is 0 Å². The van der Waals surface area contributed by atoms with Gasteiger partial charge in [-0.1, -0.05) is 62.5 Å². The van der Waals surface area contributed by atoms with Gasteiger partial charge in [0.25, 0.3) is 0 Å². The highest BCUT2D eigenvalue weighted by Crippen LogP contribution is 2.34. The zero-order valence-corrected chi connectivity index (χ0v) is 16.2. The summed E-state index contributed by atoms with van der Waals surface area (Å²) in [7, 11) is -2.90. The van der Waals surface area contributed by atoms with E-state index in [4.69, 9.17) is 11.6 Å². The van der Waals surface area contributed by atoms with Crippen LogP contribution in [0.15, 0.2) is 24.3 Å². The van der Waals surface area contributed by atoms with Gasteiger partial charge >= 0.3 is 0 Å². The second kappa shape index (κ2) is 8.16. The molecule has 0 saturated heterocycles. The summed E-state index contributed by atoms with van der Waals surface area (Å²) < 4.78 is 23.2. The minimum absolute atomic E-state index is 0.103. The van der Waals surface area contributed by atoms with Gasteiger partial charge < -0.3 is 0 Å². The molecule has 0 N–H and O–H groups in total. The average molecular weight is 447 g/mol. The third-order valence-corrected chi connectivity index (χ3v) is 7.71. The highest BCUT2D eigenvalue weighted by Gasteiger charge is 2.30. The predicted molar refractivity (Wildman–Crippen MR) is 94.3 cm³/mol. The van der Waals surface area contributed by atoms with Gasteiger partial charge in [-0.2, -0.15) is 0 Å². The molecule has 6 heteroatoms. The lowest BCUT2D eigenvalue weighted by molar-refractivity contribution is 0.495. The van der Waals surface area contributed by atoms with E-state index in [2.05, 4.69) is 31.9 Å². The van der Waals surface area contributed by atoms with Crippen LogP contribution < -0.4 is 0 Å². The summed E-state index contributed by atoms with van der Waals surface area (Å²) in [6, 6.07) is 7.78. The third-order valence-electron chi connectivity index (χ3n) is 3.52. The Morgan fingerprint density at radius 2 is 1.70 bits per heavy atom. The molecular formula is C14H19Br2ClO2S. The van der Waals surface area contributed by atoms with Gasteiger partial charge in [0.15, 0.2) is 0 Å². The minimum atomic E-state index is -2.90. The molecule has 0 radical (unpaired) electrons. The van der Waals surface area contributed by atoms with Crippen LogP contribution >= 0.6 is 43.5 Å². The number of hydrogen-bond donors (Lipinski definition) is 0. The maximum absolute atomic E-state index is 11.6. The maximum Gasteiger partial charge on any atom is 0.150 e. The van der Waals surface area contributed by atoms with Crippen molar-refractivity contribution in [1.82, 2.24) is 0 Å². The van der Waals surface area contributed by atoms with Gasteiger partial charge in [0.1, 0.15) is 9.84 Å². The molecule has 0 atom stereocenters. The normalized spacial score (nSPS) is 12.6. The summed E-state index contributed by atoms with van der Waals surface area (Å²) in [6.45, 7) is 1.69. The van der Waals surface area contributed by atoms with Crippen LogP contribution in [0, 0.1) is 0 Å². The van der Waals surface area contributed by atoms with E-state index < -0.39 is 9.84 Å². The van der Waals surface area contributed by atoms with Crippen molar-refractivity contribution in [3.63, 3.8) is 0 Å². The second-order valence-corrected chi connectivity index (χ2v) is 8.93. The molecule has 2 nitrogen and oxygen atoms in total. The number of alkyl halides is 2. The lowest BCUT2D eigenvalue weighted by Crippen LogP contribution is -2.31. The van der Waals surface area contributed by atoms with E-state index in [1.54, 1.807) is 6.92 Å². The summed E-state index contributed by atoms with van der Waals surface area (Å²) in [5.74, 6) is 0.461. The fraction of sp³-hybridized carbons (Fsp3) is 0.571. The second-order valence-electron chi connectivity index (χ2n) is 4.89. The van der Waals surface area contributed by atoms with Crippen LogP contribution in [0.3, 0.4) is 0 Å². The van der Waals surface area contributed by atoms with E-state index in [0.717, 1.165) is 17.1 Å². The molecule has 0 heterocycles. The zero-order valence-electron chi connectivity index (χ0n) is 11.4. The summed E-state index contributed by atoms with van der Waals surface area (Å²) in [6.07, 6.45) is 1.47. The van der Waals surface area contributed by atoms with E-state index in [9.17, 15) is 8.42 Å². The monoisotopic (exact) mass is 444 g/mol. The average Bonchev–Trinajstić information content (AvgIpc) is 2.45. The molecule has 1 rings (SSSR count). The number of halogens is 3. The first-order valence-electron chi connectivity index (χ1n) is 6.47. The summed E-state index contributed by atoms with van der Waals surface area (Å²) >= 11 is 13.1. The van der Waals surface area contributed by atoms with Gasteiger partial charge in [-0.25, -0.2) is 8.42 Å². The smallest absolute Gasteiger partial charge is 0.150 e. The van der Waals surface area contributed by atoms with Crippen LogP contribution in [0.1, 0.15) is 25.3 Å². The molecule has 0 aliphatic carbocycles. The quantitative estimate of drug-likeness (QED) is 0.548. The molecule has 0 saturated carbocycles. The highest BCUT2D eigenvalue weighted by atomic mass is 79.9. The molecule has 114 valence electrons. The molecule has 1 aromatic rings. The van der Waals surface area contributed by atoms with Gasteiger partial charge in [0.05, 0.1) is 5.75 Å². The molecule has 0 unspecified atom stereocenters. The van der Waals surface area contributed by atoms with Crippen molar-refractivity contribution in [2.24, 2.45) is 0 Å². The number of benzene rings is 1. The first-order chi connectivity index (χ1) is 9.39. The minimum Gasteiger partial charge on any atom is -0.229 e. The molecule has 0 spiro atoms. The van der Waals surface area contributed by atoms with Crippen molar-refractivity contribution in [1.29, 1.82) is 0 Å². The van der Waals surface area contributed by atoms with Crippen molar-refractivity contribution in [2.75, 3.05) is 22.2 Å². The molecule has 0 aliphatic rings. The van der Waals surface area contributed by atoms with Crippen LogP contribution in [0.5, 0.6) is 0 Å². The molecule has 0 aliphatic heterocycles. The Morgan fingerprint density at radius 3 is 2.15 bits per heavy atom.